The summed E-state index contributed by atoms with van der Waals surface area (Å²) in [6.07, 6.45) is 2.82. The number of amides is 1. The molecule has 3 aromatic rings. The number of halogens is 1. The van der Waals surface area contributed by atoms with Crippen LogP contribution in [0.4, 0.5) is 0 Å². The number of nitrogens with zero attached hydrogens (tertiary/aromatic N) is 4. The summed E-state index contributed by atoms with van der Waals surface area (Å²) in [7, 11) is 0. The van der Waals surface area contributed by atoms with Gasteiger partial charge in [-0.05, 0) is 56.2 Å². The van der Waals surface area contributed by atoms with Crippen LogP contribution in [0.25, 0.3) is 11.3 Å². The van der Waals surface area contributed by atoms with Crippen molar-refractivity contribution in [3.8, 4) is 11.3 Å². The molecule has 0 spiro atoms. The first-order valence-corrected chi connectivity index (χ1v) is 11.2. The molecule has 1 atom stereocenters. The molecule has 1 N–H and O–H groups in total. The number of hydrogen-bond acceptors (Lipinski definition) is 5. The van der Waals surface area contributed by atoms with Crippen molar-refractivity contribution < 1.29 is 9.21 Å². The van der Waals surface area contributed by atoms with Crippen molar-refractivity contribution in [2.75, 3.05) is 13.1 Å². The van der Waals surface area contributed by atoms with Crippen molar-refractivity contribution in [2.45, 2.75) is 45.3 Å². The molecule has 0 bridgehead atoms. The van der Waals surface area contributed by atoms with Gasteiger partial charge in [-0.2, -0.15) is 0 Å². The lowest BCUT2D eigenvalue weighted by Crippen LogP contribution is -2.31. The summed E-state index contributed by atoms with van der Waals surface area (Å²) in [6.45, 7) is 5.29. The lowest BCUT2D eigenvalue weighted by Gasteiger charge is -2.19. The molecule has 0 radical (unpaired) electrons. The van der Waals surface area contributed by atoms with E-state index in [4.69, 9.17) is 16.0 Å². The number of nitrogens with one attached hydrogen (secondary N) is 1. The number of fused-ring (bicyclic) bond motifs is 1. The number of benzene rings is 1. The lowest BCUT2D eigenvalue weighted by molar-refractivity contribution is -0.123. The lowest BCUT2D eigenvalue weighted by atomic mass is 10.2. The molecular formula is C23H26ClN5O2. The first kappa shape index (κ1) is 20.3. The molecule has 3 heterocycles. The largest absolute Gasteiger partial charge is 0.460 e. The van der Waals surface area contributed by atoms with Gasteiger partial charge < -0.3 is 14.3 Å². The van der Waals surface area contributed by atoms with Gasteiger partial charge in [0.15, 0.2) is 5.82 Å². The normalized spacial score (nSPS) is 17.7. The van der Waals surface area contributed by atoms with E-state index < -0.39 is 0 Å². The molecule has 2 aliphatic rings. The number of carbonyl (C=O) groups is 1. The third kappa shape index (κ3) is 4.52. The molecule has 1 aromatic carbocycles. The van der Waals surface area contributed by atoms with Gasteiger partial charge in [-0.25, -0.2) is 0 Å². The van der Waals surface area contributed by atoms with E-state index in [1.165, 1.54) is 0 Å². The molecule has 162 valence electrons. The molecule has 0 saturated heterocycles. The standard InChI is InChI=1S/C23H26ClN5O2/c1-15(25-23(30)17-2-3-17)22-27-26-21-10-11-28(12-13-29(21)22)14-19-8-9-20(31-19)16-4-6-18(24)7-5-16/h4-9,15,17H,2-3,10-14H2,1H3,(H,25,30)/t15-/m1/s1. The van der Waals surface area contributed by atoms with Crippen LogP contribution in [0, 0.1) is 5.92 Å². The number of furan rings is 1. The van der Waals surface area contributed by atoms with Gasteiger partial charge in [0.25, 0.3) is 0 Å². The maximum atomic E-state index is 12.1. The van der Waals surface area contributed by atoms with Crippen molar-refractivity contribution in [3.05, 3.63) is 58.8 Å². The fourth-order valence-corrected chi connectivity index (χ4v) is 4.19. The van der Waals surface area contributed by atoms with E-state index in [1.807, 2.05) is 43.3 Å². The van der Waals surface area contributed by atoms with E-state index in [0.717, 1.165) is 74.2 Å². The highest BCUT2D eigenvalue weighted by molar-refractivity contribution is 6.30. The number of carbonyl (C=O) groups excluding carboxylic acids is 1. The summed E-state index contributed by atoms with van der Waals surface area (Å²) in [4.78, 5) is 14.5. The molecule has 2 aromatic heterocycles. The molecule has 1 saturated carbocycles. The average molecular weight is 440 g/mol. The Morgan fingerprint density at radius 1 is 1.16 bits per heavy atom. The summed E-state index contributed by atoms with van der Waals surface area (Å²) in [5.74, 6) is 3.93. The second kappa shape index (κ2) is 8.48. The van der Waals surface area contributed by atoms with Gasteiger partial charge >= 0.3 is 0 Å². The van der Waals surface area contributed by atoms with Gasteiger partial charge in [0.1, 0.15) is 17.3 Å². The van der Waals surface area contributed by atoms with Crippen LogP contribution < -0.4 is 5.32 Å². The number of rotatable bonds is 6. The quantitative estimate of drug-likeness (QED) is 0.631. The minimum atomic E-state index is -0.132. The maximum absolute atomic E-state index is 12.1. The zero-order chi connectivity index (χ0) is 21.4. The molecular weight excluding hydrogens is 414 g/mol. The van der Waals surface area contributed by atoms with E-state index in [9.17, 15) is 4.79 Å². The van der Waals surface area contributed by atoms with Gasteiger partial charge in [0, 0.05) is 42.6 Å². The zero-order valence-corrected chi connectivity index (χ0v) is 18.3. The fraction of sp³-hybridized carbons (Fsp3) is 0.435. The average Bonchev–Trinajstić information content (AvgIpc) is 3.44. The van der Waals surface area contributed by atoms with Crippen LogP contribution in [0.1, 0.15) is 43.2 Å². The number of aromatic nitrogens is 3. The van der Waals surface area contributed by atoms with Gasteiger partial charge in [0.05, 0.1) is 12.6 Å². The van der Waals surface area contributed by atoms with Crippen molar-refractivity contribution >= 4 is 17.5 Å². The van der Waals surface area contributed by atoms with Gasteiger partial charge in [-0.3, -0.25) is 9.69 Å². The molecule has 1 fully saturated rings. The number of hydrogen-bond donors (Lipinski definition) is 1. The minimum Gasteiger partial charge on any atom is -0.460 e. The minimum absolute atomic E-state index is 0.132. The smallest absolute Gasteiger partial charge is 0.223 e. The Kier molecular flexibility index (Phi) is 5.54. The van der Waals surface area contributed by atoms with E-state index in [0.29, 0.717) is 5.02 Å². The van der Waals surface area contributed by atoms with Crippen molar-refractivity contribution in [1.82, 2.24) is 25.0 Å². The highest BCUT2D eigenvalue weighted by atomic mass is 35.5. The van der Waals surface area contributed by atoms with Crippen molar-refractivity contribution in [3.63, 3.8) is 0 Å². The van der Waals surface area contributed by atoms with Crippen molar-refractivity contribution in [2.24, 2.45) is 5.92 Å². The SMILES string of the molecule is C[C@@H](NC(=O)C1CC1)c1nnc2n1CCN(Cc1ccc(-c3ccc(Cl)cc3)o1)CC2. The first-order valence-electron chi connectivity index (χ1n) is 10.9. The Balaban J connectivity index is 1.22. The van der Waals surface area contributed by atoms with Crippen LogP contribution in [-0.4, -0.2) is 38.7 Å². The van der Waals surface area contributed by atoms with E-state index >= 15 is 0 Å². The van der Waals surface area contributed by atoms with E-state index in [2.05, 4.69) is 25.0 Å². The van der Waals surface area contributed by atoms with Crippen LogP contribution >= 0.6 is 11.6 Å². The second-order valence-electron chi connectivity index (χ2n) is 8.43. The summed E-state index contributed by atoms with van der Waals surface area (Å²) >= 11 is 5.98. The maximum Gasteiger partial charge on any atom is 0.223 e. The van der Waals surface area contributed by atoms with Crippen LogP contribution in [0.3, 0.4) is 0 Å². The van der Waals surface area contributed by atoms with Crippen LogP contribution in [0.5, 0.6) is 0 Å². The van der Waals surface area contributed by atoms with E-state index in [1.54, 1.807) is 0 Å². The Morgan fingerprint density at radius 2 is 1.97 bits per heavy atom. The summed E-state index contributed by atoms with van der Waals surface area (Å²) in [6, 6.07) is 11.6. The zero-order valence-electron chi connectivity index (χ0n) is 17.6. The third-order valence-corrected chi connectivity index (χ3v) is 6.26. The highest BCUT2D eigenvalue weighted by Crippen LogP contribution is 2.30. The Bertz CT molecular complexity index is 1070. The summed E-state index contributed by atoms with van der Waals surface area (Å²) < 4.78 is 8.24. The predicted molar refractivity (Wildman–Crippen MR) is 117 cm³/mol. The fourth-order valence-electron chi connectivity index (χ4n) is 4.06. The Hall–Kier alpha value is -2.64. The Morgan fingerprint density at radius 3 is 2.74 bits per heavy atom. The second-order valence-corrected chi connectivity index (χ2v) is 8.87. The molecule has 8 heteroatoms. The highest BCUT2D eigenvalue weighted by Gasteiger charge is 2.31. The van der Waals surface area contributed by atoms with Crippen LogP contribution in [0.2, 0.25) is 5.02 Å². The molecule has 5 rings (SSSR count). The summed E-state index contributed by atoms with van der Waals surface area (Å²) in [5.41, 5.74) is 1.02. The van der Waals surface area contributed by atoms with E-state index in [-0.39, 0.29) is 17.9 Å². The molecule has 1 aliphatic carbocycles. The monoisotopic (exact) mass is 439 g/mol. The molecule has 1 aliphatic heterocycles. The molecule has 0 unspecified atom stereocenters. The van der Waals surface area contributed by atoms with Crippen molar-refractivity contribution in [1.29, 1.82) is 0 Å². The predicted octanol–water partition coefficient (Wildman–Crippen LogP) is 3.84. The first-order chi connectivity index (χ1) is 15.1. The van der Waals surface area contributed by atoms with Crippen LogP contribution in [-0.2, 0) is 24.3 Å². The summed E-state index contributed by atoms with van der Waals surface area (Å²) in [5, 5.41) is 12.6. The topological polar surface area (TPSA) is 76.2 Å². The van der Waals surface area contributed by atoms with Gasteiger partial charge in [-0.1, -0.05) is 11.6 Å². The molecule has 31 heavy (non-hydrogen) atoms. The third-order valence-electron chi connectivity index (χ3n) is 6.01. The molecule has 1 amide bonds. The molecule has 7 nitrogen and oxygen atoms in total. The van der Waals surface area contributed by atoms with Gasteiger partial charge in [-0.15, -0.1) is 10.2 Å². The van der Waals surface area contributed by atoms with Crippen LogP contribution in [0.15, 0.2) is 40.8 Å². The van der Waals surface area contributed by atoms with Gasteiger partial charge in [0.2, 0.25) is 5.91 Å². The Labute approximate surface area is 186 Å².